The Hall–Kier alpha value is -0.870. The fraction of sp³-hybridized carbons (Fsp3) is 0.300. The Morgan fingerprint density at radius 3 is 2.93 bits per heavy atom. The SMILES string of the molecule is NC1(c2nc3cc(Br)ccc3o2)CC1. The molecule has 0 saturated heterocycles. The molecule has 0 atom stereocenters. The summed E-state index contributed by atoms with van der Waals surface area (Å²) >= 11 is 3.39. The summed E-state index contributed by atoms with van der Waals surface area (Å²) in [6, 6.07) is 5.78. The third-order valence-electron chi connectivity index (χ3n) is 2.56. The largest absolute Gasteiger partial charge is 0.439 e. The van der Waals surface area contributed by atoms with Crippen LogP contribution in [0, 0.1) is 0 Å². The van der Waals surface area contributed by atoms with Crippen molar-refractivity contribution in [2.45, 2.75) is 18.4 Å². The Morgan fingerprint density at radius 2 is 2.21 bits per heavy atom. The van der Waals surface area contributed by atoms with E-state index >= 15 is 0 Å². The van der Waals surface area contributed by atoms with Crippen molar-refractivity contribution in [3.8, 4) is 0 Å². The molecule has 14 heavy (non-hydrogen) atoms. The molecule has 2 N–H and O–H groups in total. The van der Waals surface area contributed by atoms with E-state index in [2.05, 4.69) is 20.9 Å². The molecule has 0 aliphatic heterocycles. The average molecular weight is 253 g/mol. The molecule has 3 rings (SSSR count). The first-order valence-electron chi connectivity index (χ1n) is 4.53. The maximum atomic E-state index is 6.00. The summed E-state index contributed by atoms with van der Waals surface area (Å²) in [5.41, 5.74) is 7.39. The highest BCUT2D eigenvalue weighted by atomic mass is 79.9. The molecule has 4 heteroatoms. The smallest absolute Gasteiger partial charge is 0.215 e. The third kappa shape index (κ3) is 1.18. The maximum Gasteiger partial charge on any atom is 0.215 e. The van der Waals surface area contributed by atoms with Gasteiger partial charge in [-0.25, -0.2) is 4.98 Å². The van der Waals surface area contributed by atoms with Crippen LogP contribution in [0.15, 0.2) is 27.1 Å². The Labute approximate surface area is 89.4 Å². The number of benzene rings is 1. The molecule has 1 aromatic heterocycles. The molecule has 0 spiro atoms. The summed E-state index contributed by atoms with van der Waals surface area (Å²) in [6.45, 7) is 0. The Balaban J connectivity index is 2.20. The molecule has 1 aliphatic carbocycles. The maximum absolute atomic E-state index is 6.00. The van der Waals surface area contributed by atoms with Gasteiger partial charge in [0, 0.05) is 4.47 Å². The summed E-state index contributed by atoms with van der Waals surface area (Å²) in [5.74, 6) is 0.672. The molecule has 0 amide bonds. The topological polar surface area (TPSA) is 52.0 Å². The van der Waals surface area contributed by atoms with E-state index in [0.29, 0.717) is 5.89 Å². The zero-order valence-corrected chi connectivity index (χ0v) is 9.04. The second-order valence-corrected chi connectivity index (χ2v) is 4.70. The van der Waals surface area contributed by atoms with E-state index in [-0.39, 0.29) is 5.54 Å². The van der Waals surface area contributed by atoms with Gasteiger partial charge in [-0.15, -0.1) is 0 Å². The van der Waals surface area contributed by atoms with Crippen molar-refractivity contribution in [1.29, 1.82) is 0 Å². The molecule has 1 aromatic carbocycles. The van der Waals surface area contributed by atoms with Crippen molar-refractivity contribution in [1.82, 2.24) is 4.98 Å². The van der Waals surface area contributed by atoms with E-state index in [9.17, 15) is 0 Å². The van der Waals surface area contributed by atoms with Gasteiger partial charge in [0.05, 0.1) is 5.54 Å². The lowest BCUT2D eigenvalue weighted by atomic mass is 10.3. The summed E-state index contributed by atoms with van der Waals surface area (Å²) in [7, 11) is 0. The van der Waals surface area contributed by atoms with Crippen LogP contribution in [0.5, 0.6) is 0 Å². The number of nitrogens with zero attached hydrogens (tertiary/aromatic N) is 1. The van der Waals surface area contributed by atoms with E-state index in [1.807, 2.05) is 18.2 Å². The predicted octanol–water partition coefficient (Wildman–Crippen LogP) is 2.54. The van der Waals surface area contributed by atoms with Crippen molar-refractivity contribution in [2.75, 3.05) is 0 Å². The minimum absolute atomic E-state index is 0.286. The van der Waals surface area contributed by atoms with Gasteiger partial charge >= 0.3 is 0 Å². The monoisotopic (exact) mass is 252 g/mol. The number of oxazole rings is 1. The zero-order valence-electron chi connectivity index (χ0n) is 7.46. The van der Waals surface area contributed by atoms with Gasteiger partial charge in [0.2, 0.25) is 5.89 Å². The van der Waals surface area contributed by atoms with Crippen molar-refractivity contribution in [3.05, 3.63) is 28.6 Å². The van der Waals surface area contributed by atoms with Gasteiger partial charge in [0.25, 0.3) is 0 Å². The fourth-order valence-electron chi connectivity index (χ4n) is 1.46. The molecule has 72 valence electrons. The molecule has 0 bridgehead atoms. The van der Waals surface area contributed by atoms with Crippen LogP contribution >= 0.6 is 15.9 Å². The highest BCUT2D eigenvalue weighted by molar-refractivity contribution is 9.10. The number of rotatable bonds is 1. The van der Waals surface area contributed by atoms with Crippen molar-refractivity contribution in [2.24, 2.45) is 5.73 Å². The number of hydrogen-bond acceptors (Lipinski definition) is 3. The first kappa shape index (κ1) is 8.44. The Bertz CT molecular complexity index is 502. The number of hydrogen-bond donors (Lipinski definition) is 1. The molecular formula is C10H9BrN2O. The molecule has 1 aliphatic rings. The van der Waals surface area contributed by atoms with Gasteiger partial charge in [-0.3, -0.25) is 0 Å². The highest BCUT2D eigenvalue weighted by Gasteiger charge is 2.44. The molecular weight excluding hydrogens is 244 g/mol. The number of aromatic nitrogens is 1. The lowest BCUT2D eigenvalue weighted by molar-refractivity contribution is 0.465. The quantitative estimate of drug-likeness (QED) is 0.849. The van der Waals surface area contributed by atoms with Crippen LogP contribution in [0.3, 0.4) is 0 Å². The number of nitrogens with two attached hydrogens (primary N) is 1. The summed E-state index contributed by atoms with van der Waals surface area (Å²) in [6.07, 6.45) is 1.95. The molecule has 2 aromatic rings. The standard InChI is InChI=1S/C10H9BrN2O/c11-6-1-2-8-7(5-6)13-9(14-8)10(12)3-4-10/h1-2,5H,3-4,12H2. The van der Waals surface area contributed by atoms with Crippen LogP contribution in [0.25, 0.3) is 11.1 Å². The van der Waals surface area contributed by atoms with Gasteiger partial charge in [0.1, 0.15) is 5.52 Å². The van der Waals surface area contributed by atoms with Crippen molar-refractivity contribution >= 4 is 27.0 Å². The van der Waals surface area contributed by atoms with Crippen LogP contribution < -0.4 is 5.73 Å². The van der Waals surface area contributed by atoms with Crippen LogP contribution in [0.1, 0.15) is 18.7 Å². The number of fused-ring (bicyclic) bond motifs is 1. The molecule has 1 saturated carbocycles. The van der Waals surface area contributed by atoms with E-state index in [1.54, 1.807) is 0 Å². The van der Waals surface area contributed by atoms with Gasteiger partial charge in [-0.1, -0.05) is 15.9 Å². The summed E-state index contributed by atoms with van der Waals surface area (Å²) in [5, 5.41) is 0. The molecule has 1 heterocycles. The van der Waals surface area contributed by atoms with E-state index < -0.39 is 0 Å². The van der Waals surface area contributed by atoms with Crippen LogP contribution in [-0.4, -0.2) is 4.98 Å². The average Bonchev–Trinajstić information content (AvgIpc) is 2.77. The highest BCUT2D eigenvalue weighted by Crippen LogP contribution is 2.43. The van der Waals surface area contributed by atoms with Crippen LogP contribution in [0.2, 0.25) is 0 Å². The molecule has 0 radical (unpaired) electrons. The summed E-state index contributed by atoms with van der Waals surface area (Å²) < 4.78 is 6.60. The third-order valence-corrected chi connectivity index (χ3v) is 3.06. The van der Waals surface area contributed by atoms with Gasteiger partial charge in [-0.05, 0) is 31.0 Å². The second-order valence-electron chi connectivity index (χ2n) is 3.79. The predicted molar refractivity (Wildman–Crippen MR) is 56.8 cm³/mol. The van der Waals surface area contributed by atoms with E-state index in [0.717, 1.165) is 28.4 Å². The summed E-state index contributed by atoms with van der Waals surface area (Å²) in [4.78, 5) is 4.39. The van der Waals surface area contributed by atoms with Gasteiger partial charge in [0.15, 0.2) is 5.58 Å². The number of halogens is 1. The first-order chi connectivity index (χ1) is 6.67. The normalized spacial score (nSPS) is 18.7. The van der Waals surface area contributed by atoms with Crippen LogP contribution in [-0.2, 0) is 5.54 Å². The van der Waals surface area contributed by atoms with Crippen LogP contribution in [0.4, 0.5) is 0 Å². The van der Waals surface area contributed by atoms with E-state index in [1.165, 1.54) is 0 Å². The van der Waals surface area contributed by atoms with Gasteiger partial charge in [-0.2, -0.15) is 0 Å². The van der Waals surface area contributed by atoms with Gasteiger partial charge < -0.3 is 10.2 Å². The molecule has 0 unspecified atom stereocenters. The lowest BCUT2D eigenvalue weighted by Crippen LogP contribution is -2.18. The first-order valence-corrected chi connectivity index (χ1v) is 5.32. The minimum Gasteiger partial charge on any atom is -0.439 e. The van der Waals surface area contributed by atoms with Crippen molar-refractivity contribution < 1.29 is 4.42 Å². The fourth-order valence-corrected chi connectivity index (χ4v) is 1.81. The second kappa shape index (κ2) is 2.58. The molecule has 1 fully saturated rings. The lowest BCUT2D eigenvalue weighted by Gasteiger charge is -1.99. The molecule has 3 nitrogen and oxygen atoms in total. The Morgan fingerprint density at radius 1 is 1.43 bits per heavy atom. The minimum atomic E-state index is -0.286. The van der Waals surface area contributed by atoms with E-state index in [4.69, 9.17) is 10.2 Å². The zero-order chi connectivity index (χ0) is 9.76. The van der Waals surface area contributed by atoms with Crippen molar-refractivity contribution in [3.63, 3.8) is 0 Å². The Kier molecular flexibility index (Phi) is 1.56.